The first kappa shape index (κ1) is 8.97. The highest BCUT2D eigenvalue weighted by atomic mass is 16.5. The maximum Gasteiger partial charge on any atom is 0.198 e. The third-order valence-corrected chi connectivity index (χ3v) is 1.85. The van der Waals surface area contributed by atoms with Crippen molar-refractivity contribution in [2.75, 3.05) is 21.3 Å². The van der Waals surface area contributed by atoms with E-state index in [2.05, 4.69) is 0 Å². The first-order valence-corrected chi connectivity index (χ1v) is 3.89. The topological polar surface area (TPSA) is 27.7 Å². The molecule has 0 bridgehead atoms. The molecular formula is C9H14O3. The summed E-state index contributed by atoms with van der Waals surface area (Å²) in [6, 6.07) is 0. The van der Waals surface area contributed by atoms with E-state index in [4.69, 9.17) is 14.2 Å². The molecule has 12 heavy (non-hydrogen) atoms. The van der Waals surface area contributed by atoms with Gasteiger partial charge in [-0.1, -0.05) is 0 Å². The molecule has 0 spiro atoms. The molecule has 0 aromatic rings. The van der Waals surface area contributed by atoms with Crippen molar-refractivity contribution >= 4 is 0 Å². The fourth-order valence-electron chi connectivity index (χ4n) is 1.26. The van der Waals surface area contributed by atoms with Gasteiger partial charge in [-0.15, -0.1) is 0 Å². The van der Waals surface area contributed by atoms with Crippen molar-refractivity contribution in [3.63, 3.8) is 0 Å². The Morgan fingerprint density at radius 2 is 1.83 bits per heavy atom. The lowest BCUT2D eigenvalue weighted by Crippen LogP contribution is -2.06. The molecule has 68 valence electrons. The van der Waals surface area contributed by atoms with Gasteiger partial charge in [-0.3, -0.25) is 0 Å². The number of allylic oxidation sites excluding steroid dienone is 2. The van der Waals surface area contributed by atoms with Gasteiger partial charge in [0.15, 0.2) is 11.5 Å². The number of ether oxygens (including phenoxy) is 3. The van der Waals surface area contributed by atoms with Crippen molar-refractivity contribution in [2.24, 2.45) is 0 Å². The van der Waals surface area contributed by atoms with Crippen LogP contribution < -0.4 is 0 Å². The molecule has 0 aromatic carbocycles. The molecule has 0 radical (unpaired) electrons. The third-order valence-electron chi connectivity index (χ3n) is 1.85. The largest absolute Gasteiger partial charge is 0.497 e. The van der Waals surface area contributed by atoms with Crippen LogP contribution in [-0.2, 0) is 14.2 Å². The van der Waals surface area contributed by atoms with Gasteiger partial charge in [-0.25, -0.2) is 0 Å². The Bertz CT molecular complexity index is 216. The standard InChI is InChI=1S/C9H14O3/c1-10-7-5-4-6-8(11-2)9(7)12-3/h5H,4,6H2,1-3H3. The minimum atomic E-state index is 0.714. The van der Waals surface area contributed by atoms with Crippen molar-refractivity contribution < 1.29 is 14.2 Å². The van der Waals surface area contributed by atoms with Gasteiger partial charge in [0.1, 0.15) is 5.76 Å². The molecule has 3 nitrogen and oxygen atoms in total. The Balaban J connectivity index is 2.89. The van der Waals surface area contributed by atoms with Gasteiger partial charge in [0.05, 0.1) is 21.3 Å². The Hall–Kier alpha value is -1.12. The second kappa shape index (κ2) is 4.04. The Morgan fingerprint density at radius 1 is 1.08 bits per heavy atom. The van der Waals surface area contributed by atoms with Crippen LogP contribution in [0.25, 0.3) is 0 Å². The van der Waals surface area contributed by atoms with Gasteiger partial charge in [0, 0.05) is 6.42 Å². The summed E-state index contributed by atoms with van der Waals surface area (Å²) in [7, 11) is 4.89. The molecule has 0 saturated heterocycles. The van der Waals surface area contributed by atoms with Crippen LogP contribution in [0.1, 0.15) is 12.8 Å². The van der Waals surface area contributed by atoms with Gasteiger partial charge in [0.25, 0.3) is 0 Å². The summed E-state index contributed by atoms with van der Waals surface area (Å²) >= 11 is 0. The molecule has 1 rings (SSSR count). The lowest BCUT2D eigenvalue weighted by molar-refractivity contribution is 0.174. The fraction of sp³-hybridized carbons (Fsp3) is 0.556. The predicted octanol–water partition coefficient (Wildman–Crippen LogP) is 1.81. The lowest BCUT2D eigenvalue weighted by Gasteiger charge is -2.18. The molecule has 0 fully saturated rings. The summed E-state index contributed by atoms with van der Waals surface area (Å²) in [5.41, 5.74) is 0. The van der Waals surface area contributed by atoms with Crippen LogP contribution in [0.15, 0.2) is 23.4 Å². The van der Waals surface area contributed by atoms with Gasteiger partial charge in [-0.05, 0) is 12.5 Å². The van der Waals surface area contributed by atoms with Crippen LogP contribution >= 0.6 is 0 Å². The summed E-state index contributed by atoms with van der Waals surface area (Å²) in [4.78, 5) is 0. The first-order valence-electron chi connectivity index (χ1n) is 3.89. The number of rotatable bonds is 3. The van der Waals surface area contributed by atoms with E-state index in [1.807, 2.05) is 6.08 Å². The molecular weight excluding hydrogens is 156 g/mol. The van der Waals surface area contributed by atoms with E-state index in [1.165, 1.54) is 0 Å². The average Bonchev–Trinajstić information content (AvgIpc) is 2.16. The van der Waals surface area contributed by atoms with Crippen LogP contribution in [0.5, 0.6) is 0 Å². The third kappa shape index (κ3) is 1.55. The molecule has 1 aliphatic rings. The minimum Gasteiger partial charge on any atom is -0.497 e. The van der Waals surface area contributed by atoms with E-state index in [1.54, 1.807) is 21.3 Å². The van der Waals surface area contributed by atoms with Crippen molar-refractivity contribution in [1.82, 2.24) is 0 Å². The number of methoxy groups -OCH3 is 3. The zero-order chi connectivity index (χ0) is 8.97. The zero-order valence-electron chi connectivity index (χ0n) is 7.72. The number of hydrogen-bond acceptors (Lipinski definition) is 3. The second-order valence-corrected chi connectivity index (χ2v) is 2.47. The van der Waals surface area contributed by atoms with Crippen LogP contribution in [0.3, 0.4) is 0 Å². The van der Waals surface area contributed by atoms with Gasteiger partial charge < -0.3 is 14.2 Å². The van der Waals surface area contributed by atoms with E-state index in [0.717, 1.165) is 24.4 Å². The van der Waals surface area contributed by atoms with E-state index in [9.17, 15) is 0 Å². The average molecular weight is 170 g/mol. The van der Waals surface area contributed by atoms with Crippen molar-refractivity contribution in [3.8, 4) is 0 Å². The molecule has 0 atom stereocenters. The second-order valence-electron chi connectivity index (χ2n) is 2.47. The summed E-state index contributed by atoms with van der Waals surface area (Å²) < 4.78 is 15.4. The summed E-state index contributed by atoms with van der Waals surface area (Å²) in [6.45, 7) is 0. The van der Waals surface area contributed by atoms with E-state index in [0.29, 0.717) is 5.76 Å². The first-order chi connectivity index (χ1) is 5.83. The number of hydrogen-bond donors (Lipinski definition) is 0. The van der Waals surface area contributed by atoms with Crippen LogP contribution in [-0.4, -0.2) is 21.3 Å². The molecule has 0 aromatic heterocycles. The van der Waals surface area contributed by atoms with Gasteiger partial charge in [-0.2, -0.15) is 0 Å². The monoisotopic (exact) mass is 170 g/mol. The minimum absolute atomic E-state index is 0.714. The zero-order valence-corrected chi connectivity index (χ0v) is 7.72. The highest BCUT2D eigenvalue weighted by Crippen LogP contribution is 2.26. The maximum absolute atomic E-state index is 5.16. The molecule has 3 heteroatoms. The Kier molecular flexibility index (Phi) is 3.02. The SMILES string of the molecule is COC1=CCCC(OC)=C1OC. The highest BCUT2D eigenvalue weighted by Gasteiger charge is 2.17. The summed E-state index contributed by atoms with van der Waals surface area (Å²) in [5.74, 6) is 2.34. The van der Waals surface area contributed by atoms with E-state index >= 15 is 0 Å². The molecule has 0 amide bonds. The predicted molar refractivity (Wildman–Crippen MR) is 45.4 cm³/mol. The van der Waals surface area contributed by atoms with Gasteiger partial charge >= 0.3 is 0 Å². The quantitative estimate of drug-likeness (QED) is 0.646. The van der Waals surface area contributed by atoms with E-state index < -0.39 is 0 Å². The van der Waals surface area contributed by atoms with Crippen molar-refractivity contribution in [3.05, 3.63) is 23.4 Å². The smallest absolute Gasteiger partial charge is 0.198 e. The Labute approximate surface area is 72.6 Å². The fourth-order valence-corrected chi connectivity index (χ4v) is 1.26. The van der Waals surface area contributed by atoms with Crippen LogP contribution in [0.2, 0.25) is 0 Å². The maximum atomic E-state index is 5.16. The van der Waals surface area contributed by atoms with Crippen molar-refractivity contribution in [2.45, 2.75) is 12.8 Å². The molecule has 0 N–H and O–H groups in total. The van der Waals surface area contributed by atoms with Gasteiger partial charge in [0.2, 0.25) is 0 Å². The van der Waals surface area contributed by atoms with Crippen LogP contribution in [0.4, 0.5) is 0 Å². The Morgan fingerprint density at radius 3 is 2.33 bits per heavy atom. The molecule has 0 unspecified atom stereocenters. The molecule has 0 saturated carbocycles. The highest BCUT2D eigenvalue weighted by molar-refractivity contribution is 5.27. The lowest BCUT2D eigenvalue weighted by atomic mass is 10.1. The van der Waals surface area contributed by atoms with Crippen molar-refractivity contribution in [1.29, 1.82) is 0 Å². The van der Waals surface area contributed by atoms with E-state index in [-0.39, 0.29) is 0 Å². The molecule has 0 heterocycles. The molecule has 0 aliphatic heterocycles. The summed E-state index contributed by atoms with van der Waals surface area (Å²) in [6.07, 6.45) is 3.83. The molecule has 1 aliphatic carbocycles. The summed E-state index contributed by atoms with van der Waals surface area (Å²) in [5, 5.41) is 0. The normalized spacial score (nSPS) is 17.1. The van der Waals surface area contributed by atoms with Crippen LogP contribution in [0, 0.1) is 0 Å².